The van der Waals surface area contributed by atoms with Gasteiger partial charge in [0, 0.05) is 30.0 Å². The third-order valence-electron chi connectivity index (χ3n) is 4.95. The molecule has 1 aliphatic rings. The molecule has 1 aromatic carbocycles. The highest BCUT2D eigenvalue weighted by molar-refractivity contribution is 7.91. The Hall–Kier alpha value is -2.60. The Balaban J connectivity index is 1.62. The average Bonchev–Trinajstić information content (AvgIpc) is 3.13. The molecule has 0 aliphatic carbocycles. The zero-order chi connectivity index (χ0) is 23.2. The molecule has 32 heavy (non-hydrogen) atoms. The van der Waals surface area contributed by atoms with Crippen molar-refractivity contribution in [1.82, 2.24) is 9.97 Å². The predicted molar refractivity (Wildman–Crippen MR) is 122 cm³/mol. The number of halogens is 2. The van der Waals surface area contributed by atoms with Crippen molar-refractivity contribution in [2.45, 2.75) is 24.5 Å². The van der Waals surface area contributed by atoms with Crippen LogP contribution in [-0.4, -0.2) is 37.5 Å². The average molecular weight is 496 g/mol. The summed E-state index contributed by atoms with van der Waals surface area (Å²) >= 11 is 6.80. The molecule has 4 rings (SSSR count). The monoisotopic (exact) mass is 495 g/mol. The molecule has 3 aromatic rings. The van der Waals surface area contributed by atoms with E-state index in [2.05, 4.69) is 9.97 Å². The summed E-state index contributed by atoms with van der Waals surface area (Å²) in [6.07, 6.45) is 0.653. The summed E-state index contributed by atoms with van der Waals surface area (Å²) in [5, 5.41) is 5.51. The van der Waals surface area contributed by atoms with Gasteiger partial charge >= 0.3 is 6.03 Å². The number of urea groups is 1. The number of aromatic nitrogens is 2. The number of rotatable bonds is 4. The SMILES string of the molecule is Cc1cc(Cl)c(F)c(-c2ccc(N3CCCN(c4nc(C)c(S(N)(=O)=O)s4)C3=O)cc2)n1. The number of hydrogen-bond acceptors (Lipinski definition) is 6. The van der Waals surface area contributed by atoms with E-state index in [1.54, 1.807) is 36.1 Å². The number of sulfonamides is 1. The first kappa shape index (κ1) is 22.6. The minimum atomic E-state index is -3.92. The maximum absolute atomic E-state index is 14.4. The van der Waals surface area contributed by atoms with E-state index < -0.39 is 15.8 Å². The minimum absolute atomic E-state index is 0.00368. The van der Waals surface area contributed by atoms with Crippen LogP contribution in [0.15, 0.2) is 34.5 Å². The van der Waals surface area contributed by atoms with Gasteiger partial charge in [-0.15, -0.1) is 0 Å². The van der Waals surface area contributed by atoms with Gasteiger partial charge in [-0.2, -0.15) is 0 Å². The van der Waals surface area contributed by atoms with Gasteiger partial charge in [0.15, 0.2) is 15.2 Å². The van der Waals surface area contributed by atoms with Crippen molar-refractivity contribution >= 4 is 49.8 Å². The second-order valence-electron chi connectivity index (χ2n) is 7.31. The molecule has 12 heteroatoms. The third-order valence-corrected chi connectivity index (χ3v) is 7.96. The number of carbonyl (C=O) groups is 1. The van der Waals surface area contributed by atoms with Crippen LogP contribution < -0.4 is 14.9 Å². The summed E-state index contributed by atoms with van der Waals surface area (Å²) in [5.74, 6) is -0.602. The topological polar surface area (TPSA) is 109 Å². The van der Waals surface area contributed by atoms with Crippen molar-refractivity contribution in [2.24, 2.45) is 5.14 Å². The summed E-state index contributed by atoms with van der Waals surface area (Å²) in [5.41, 5.74) is 2.14. The zero-order valence-electron chi connectivity index (χ0n) is 17.2. The molecule has 0 unspecified atom stereocenters. The van der Waals surface area contributed by atoms with E-state index in [0.717, 1.165) is 11.3 Å². The van der Waals surface area contributed by atoms with Crippen molar-refractivity contribution in [3.63, 3.8) is 0 Å². The largest absolute Gasteiger partial charge is 0.330 e. The van der Waals surface area contributed by atoms with Crippen LogP contribution in [0.5, 0.6) is 0 Å². The van der Waals surface area contributed by atoms with Gasteiger partial charge in [0.25, 0.3) is 0 Å². The number of nitrogens with zero attached hydrogens (tertiary/aromatic N) is 4. The summed E-state index contributed by atoms with van der Waals surface area (Å²) in [6.45, 7) is 4.15. The Morgan fingerprint density at radius 3 is 2.41 bits per heavy atom. The van der Waals surface area contributed by atoms with Gasteiger partial charge in [-0.3, -0.25) is 9.80 Å². The van der Waals surface area contributed by atoms with Gasteiger partial charge in [-0.25, -0.2) is 32.7 Å². The maximum atomic E-state index is 14.4. The molecule has 168 valence electrons. The summed E-state index contributed by atoms with van der Waals surface area (Å²) in [7, 11) is -3.92. The van der Waals surface area contributed by atoms with Crippen LogP contribution in [0.3, 0.4) is 0 Å². The van der Waals surface area contributed by atoms with E-state index in [4.69, 9.17) is 16.7 Å². The van der Waals surface area contributed by atoms with Crippen LogP contribution in [-0.2, 0) is 10.0 Å². The maximum Gasteiger partial charge on any atom is 0.330 e. The number of primary sulfonamides is 1. The van der Waals surface area contributed by atoms with Crippen LogP contribution in [0, 0.1) is 19.7 Å². The molecular formula is C20H19ClFN5O3S2. The van der Waals surface area contributed by atoms with E-state index in [0.29, 0.717) is 36.5 Å². The van der Waals surface area contributed by atoms with Gasteiger partial charge in [-0.1, -0.05) is 35.1 Å². The van der Waals surface area contributed by atoms with Crippen molar-refractivity contribution in [2.75, 3.05) is 22.9 Å². The minimum Gasteiger partial charge on any atom is -0.294 e. The second-order valence-corrected chi connectivity index (χ2v) is 10.5. The molecule has 0 spiro atoms. The van der Waals surface area contributed by atoms with E-state index in [1.165, 1.54) is 17.9 Å². The van der Waals surface area contributed by atoms with Crippen molar-refractivity contribution < 1.29 is 17.6 Å². The van der Waals surface area contributed by atoms with E-state index in [9.17, 15) is 17.6 Å². The first-order chi connectivity index (χ1) is 15.1. The summed E-state index contributed by atoms with van der Waals surface area (Å²) in [6, 6.07) is 7.89. The molecule has 8 nitrogen and oxygen atoms in total. The number of hydrogen-bond donors (Lipinski definition) is 1. The zero-order valence-corrected chi connectivity index (χ0v) is 19.6. The highest BCUT2D eigenvalue weighted by Crippen LogP contribution is 2.33. The van der Waals surface area contributed by atoms with Gasteiger partial charge in [-0.05, 0) is 38.5 Å². The molecule has 0 radical (unpaired) electrons. The smallest absolute Gasteiger partial charge is 0.294 e. The fraction of sp³-hybridized carbons (Fsp3) is 0.250. The Morgan fingerprint density at radius 1 is 1.12 bits per heavy atom. The number of nitrogens with two attached hydrogens (primary N) is 1. The summed E-state index contributed by atoms with van der Waals surface area (Å²) < 4.78 is 37.8. The standard InChI is InChI=1S/C20H19ClFN5O3S2/c1-11-10-15(21)16(22)17(24-11)13-4-6-14(7-5-13)26-8-3-9-27(20(26)28)19-25-12(2)18(31-19)32(23,29)30/h4-7,10H,3,8-9H2,1-2H3,(H2,23,29,30). The van der Waals surface area contributed by atoms with Crippen LogP contribution in [0.25, 0.3) is 11.3 Å². The number of pyridine rings is 1. The molecule has 2 aromatic heterocycles. The number of carbonyl (C=O) groups excluding carboxylic acids is 1. The van der Waals surface area contributed by atoms with Gasteiger partial charge in [0.2, 0.25) is 10.0 Å². The lowest BCUT2D eigenvalue weighted by atomic mass is 10.1. The fourth-order valence-electron chi connectivity index (χ4n) is 3.50. The second kappa shape index (κ2) is 8.39. The molecule has 1 saturated heterocycles. The Bertz CT molecular complexity index is 1310. The number of amides is 2. The lowest BCUT2D eigenvalue weighted by molar-refractivity contribution is 0.248. The first-order valence-electron chi connectivity index (χ1n) is 9.58. The quantitative estimate of drug-likeness (QED) is 0.586. The molecule has 2 N–H and O–H groups in total. The predicted octanol–water partition coefficient (Wildman–Crippen LogP) is 4.10. The van der Waals surface area contributed by atoms with Gasteiger partial charge < -0.3 is 0 Å². The van der Waals surface area contributed by atoms with Crippen LogP contribution in [0.4, 0.5) is 20.0 Å². The molecular weight excluding hydrogens is 477 g/mol. The van der Waals surface area contributed by atoms with Gasteiger partial charge in [0.1, 0.15) is 5.69 Å². The number of aryl methyl sites for hydroxylation is 2. The van der Waals surface area contributed by atoms with E-state index >= 15 is 0 Å². The fourth-order valence-corrected chi connectivity index (χ4v) is 5.71. The van der Waals surface area contributed by atoms with Crippen molar-refractivity contribution in [1.29, 1.82) is 0 Å². The van der Waals surface area contributed by atoms with Crippen LogP contribution in [0.2, 0.25) is 5.02 Å². The van der Waals surface area contributed by atoms with Crippen molar-refractivity contribution in [3.05, 3.63) is 52.6 Å². The number of benzene rings is 1. The highest BCUT2D eigenvalue weighted by Gasteiger charge is 2.31. The first-order valence-corrected chi connectivity index (χ1v) is 12.3. The van der Waals surface area contributed by atoms with E-state index in [1.807, 2.05) is 0 Å². The Morgan fingerprint density at radius 2 is 1.78 bits per heavy atom. The number of thiazole rings is 1. The third kappa shape index (κ3) is 4.20. The molecule has 0 bridgehead atoms. The van der Waals surface area contributed by atoms with Gasteiger partial charge in [0.05, 0.1) is 10.7 Å². The molecule has 3 heterocycles. The van der Waals surface area contributed by atoms with E-state index in [-0.39, 0.29) is 31.8 Å². The molecule has 2 amide bonds. The lowest BCUT2D eigenvalue weighted by Crippen LogP contribution is -2.49. The van der Waals surface area contributed by atoms with Crippen LogP contribution >= 0.6 is 22.9 Å². The molecule has 0 atom stereocenters. The molecule has 1 aliphatic heterocycles. The Kier molecular flexibility index (Phi) is 5.93. The normalized spacial score (nSPS) is 14.8. The number of anilines is 2. The molecule has 0 saturated carbocycles. The van der Waals surface area contributed by atoms with Crippen molar-refractivity contribution in [3.8, 4) is 11.3 Å². The van der Waals surface area contributed by atoms with Crippen LogP contribution in [0.1, 0.15) is 17.8 Å². The Labute approximate surface area is 193 Å². The molecule has 1 fully saturated rings. The highest BCUT2D eigenvalue weighted by atomic mass is 35.5. The lowest BCUT2D eigenvalue weighted by Gasteiger charge is -2.34. The summed E-state index contributed by atoms with van der Waals surface area (Å²) in [4.78, 5) is 24.6.